The molecule has 24 heavy (non-hydrogen) atoms. The zero-order chi connectivity index (χ0) is 16.5. The molecule has 0 spiro atoms. The molecule has 1 aliphatic carbocycles. The van der Waals surface area contributed by atoms with Crippen molar-refractivity contribution in [1.82, 2.24) is 10.2 Å². The van der Waals surface area contributed by atoms with Gasteiger partial charge in [0, 0.05) is 13.6 Å². The summed E-state index contributed by atoms with van der Waals surface area (Å²) in [5, 5.41) is 3.43. The highest BCUT2D eigenvalue weighted by atomic mass is 16.2. The van der Waals surface area contributed by atoms with E-state index in [9.17, 15) is 4.79 Å². The molecule has 1 amide bonds. The summed E-state index contributed by atoms with van der Waals surface area (Å²) in [6, 6.07) is 17.1. The van der Waals surface area contributed by atoms with Crippen molar-refractivity contribution in [3.8, 4) is 0 Å². The van der Waals surface area contributed by atoms with Gasteiger partial charge in [0.25, 0.3) is 0 Å². The van der Waals surface area contributed by atoms with Gasteiger partial charge in [0.05, 0.1) is 12.1 Å². The first-order valence-electron chi connectivity index (χ1n) is 8.88. The largest absolute Gasteiger partial charge is 0.337 e. The number of carbonyl (C=O) groups excluding carboxylic acids is 1. The molecule has 2 aromatic rings. The Hall–Kier alpha value is -2.13. The van der Waals surface area contributed by atoms with Gasteiger partial charge in [-0.3, -0.25) is 4.79 Å². The summed E-state index contributed by atoms with van der Waals surface area (Å²) in [5.74, 6) is 0.214. The fourth-order valence-electron chi connectivity index (χ4n) is 4.16. The van der Waals surface area contributed by atoms with Crippen LogP contribution in [-0.2, 0) is 24.2 Å². The van der Waals surface area contributed by atoms with E-state index in [1.165, 1.54) is 22.3 Å². The Bertz CT molecular complexity index is 755. The predicted octanol–water partition coefficient (Wildman–Crippen LogP) is 3.24. The van der Waals surface area contributed by atoms with Gasteiger partial charge in [-0.05, 0) is 47.9 Å². The van der Waals surface area contributed by atoms with E-state index in [1.807, 2.05) is 11.9 Å². The maximum absolute atomic E-state index is 13.1. The van der Waals surface area contributed by atoms with Crippen molar-refractivity contribution in [2.45, 2.75) is 44.3 Å². The number of carbonyl (C=O) groups is 1. The Kier molecular flexibility index (Phi) is 4.11. The number of hydrogen-bond acceptors (Lipinski definition) is 2. The van der Waals surface area contributed by atoms with E-state index in [0.29, 0.717) is 0 Å². The Labute approximate surface area is 143 Å². The summed E-state index contributed by atoms with van der Waals surface area (Å²) in [6.45, 7) is 0.779. The lowest BCUT2D eigenvalue weighted by molar-refractivity contribution is -0.134. The minimum atomic E-state index is -0.112. The summed E-state index contributed by atoms with van der Waals surface area (Å²) in [7, 11) is 1.97. The van der Waals surface area contributed by atoms with Crippen LogP contribution in [0.5, 0.6) is 0 Å². The second-order valence-corrected chi connectivity index (χ2v) is 6.96. The first kappa shape index (κ1) is 15.4. The number of nitrogens with one attached hydrogen (secondary N) is 1. The molecular formula is C21H24N2O. The molecular weight excluding hydrogens is 296 g/mol. The van der Waals surface area contributed by atoms with Gasteiger partial charge >= 0.3 is 0 Å². The van der Waals surface area contributed by atoms with Crippen LogP contribution in [0.1, 0.15) is 41.1 Å². The minimum absolute atomic E-state index is 0.112. The predicted molar refractivity (Wildman–Crippen MR) is 95.7 cm³/mol. The van der Waals surface area contributed by atoms with Crippen molar-refractivity contribution < 1.29 is 4.79 Å². The summed E-state index contributed by atoms with van der Waals surface area (Å²) < 4.78 is 0. The SMILES string of the molecule is CN(C(=O)[C@@H]1Cc2ccccc2CN1)[C@@H]1CCCc2ccccc21. The van der Waals surface area contributed by atoms with Gasteiger partial charge in [0.1, 0.15) is 0 Å². The van der Waals surface area contributed by atoms with Crippen molar-refractivity contribution in [3.05, 3.63) is 70.8 Å². The lowest BCUT2D eigenvalue weighted by Gasteiger charge is -2.36. The Morgan fingerprint density at radius 1 is 1.04 bits per heavy atom. The second kappa shape index (κ2) is 6.40. The molecule has 0 bridgehead atoms. The molecule has 4 rings (SSSR count). The molecule has 1 aliphatic heterocycles. The highest BCUT2D eigenvalue weighted by Gasteiger charge is 2.32. The summed E-state index contributed by atoms with van der Waals surface area (Å²) in [6.07, 6.45) is 4.13. The Morgan fingerprint density at radius 2 is 1.75 bits per heavy atom. The van der Waals surface area contributed by atoms with Crippen LogP contribution in [0.3, 0.4) is 0 Å². The molecule has 0 saturated heterocycles. The number of nitrogens with zero attached hydrogens (tertiary/aromatic N) is 1. The third kappa shape index (κ3) is 2.73. The molecule has 3 heteroatoms. The monoisotopic (exact) mass is 320 g/mol. The summed E-state index contributed by atoms with van der Waals surface area (Å²) in [5.41, 5.74) is 5.34. The zero-order valence-electron chi connectivity index (χ0n) is 14.2. The van der Waals surface area contributed by atoms with E-state index in [-0.39, 0.29) is 18.0 Å². The molecule has 3 nitrogen and oxygen atoms in total. The molecule has 0 aromatic heterocycles. The molecule has 0 unspecified atom stereocenters. The number of benzene rings is 2. The number of aryl methyl sites for hydroxylation is 1. The Balaban J connectivity index is 1.54. The third-order valence-electron chi connectivity index (χ3n) is 5.53. The van der Waals surface area contributed by atoms with Gasteiger partial charge in [0.15, 0.2) is 0 Å². The minimum Gasteiger partial charge on any atom is -0.337 e. The van der Waals surface area contributed by atoms with Crippen LogP contribution >= 0.6 is 0 Å². The number of likely N-dealkylation sites (N-methyl/N-ethyl adjacent to an activating group) is 1. The van der Waals surface area contributed by atoms with Gasteiger partial charge < -0.3 is 10.2 Å². The highest BCUT2D eigenvalue weighted by Crippen LogP contribution is 2.34. The fourth-order valence-corrected chi connectivity index (χ4v) is 4.16. The lowest BCUT2D eigenvalue weighted by Crippen LogP contribution is -2.49. The molecule has 1 N–H and O–H groups in total. The maximum Gasteiger partial charge on any atom is 0.240 e. The molecule has 0 radical (unpaired) electrons. The number of fused-ring (bicyclic) bond motifs is 2. The molecule has 0 saturated carbocycles. The van der Waals surface area contributed by atoms with Crippen LogP contribution in [0, 0.1) is 0 Å². The quantitative estimate of drug-likeness (QED) is 0.921. The van der Waals surface area contributed by atoms with Gasteiger partial charge in [-0.25, -0.2) is 0 Å². The molecule has 124 valence electrons. The van der Waals surface area contributed by atoms with Gasteiger partial charge in [-0.2, -0.15) is 0 Å². The van der Waals surface area contributed by atoms with Gasteiger partial charge in [-0.1, -0.05) is 48.5 Å². The third-order valence-corrected chi connectivity index (χ3v) is 5.53. The van der Waals surface area contributed by atoms with Crippen LogP contribution in [0.4, 0.5) is 0 Å². The zero-order valence-corrected chi connectivity index (χ0v) is 14.2. The lowest BCUT2D eigenvalue weighted by atomic mass is 9.86. The average Bonchev–Trinajstić information content (AvgIpc) is 2.66. The van der Waals surface area contributed by atoms with Crippen molar-refractivity contribution in [2.24, 2.45) is 0 Å². The van der Waals surface area contributed by atoms with Gasteiger partial charge in [-0.15, -0.1) is 0 Å². The van der Waals surface area contributed by atoms with E-state index in [1.54, 1.807) is 0 Å². The van der Waals surface area contributed by atoms with Crippen molar-refractivity contribution in [3.63, 3.8) is 0 Å². The molecule has 2 atom stereocenters. The molecule has 0 fully saturated rings. The maximum atomic E-state index is 13.1. The smallest absolute Gasteiger partial charge is 0.240 e. The van der Waals surface area contributed by atoms with E-state index >= 15 is 0 Å². The van der Waals surface area contributed by atoms with Crippen LogP contribution in [0.15, 0.2) is 48.5 Å². The number of amides is 1. The average molecular weight is 320 g/mol. The van der Waals surface area contributed by atoms with E-state index in [0.717, 1.165) is 32.2 Å². The standard InChI is InChI=1S/C21H24N2O/c1-23(20-12-6-10-15-7-4-5-11-18(15)20)21(24)19-13-16-8-2-3-9-17(16)14-22-19/h2-5,7-9,11,19-20,22H,6,10,12-14H2,1H3/t19-,20+/m0/s1. The van der Waals surface area contributed by atoms with Crippen molar-refractivity contribution in [2.75, 3.05) is 7.05 Å². The van der Waals surface area contributed by atoms with E-state index < -0.39 is 0 Å². The van der Waals surface area contributed by atoms with Crippen LogP contribution in [-0.4, -0.2) is 23.9 Å². The van der Waals surface area contributed by atoms with Crippen molar-refractivity contribution in [1.29, 1.82) is 0 Å². The molecule has 1 heterocycles. The van der Waals surface area contributed by atoms with Crippen LogP contribution < -0.4 is 5.32 Å². The topological polar surface area (TPSA) is 32.3 Å². The summed E-state index contributed by atoms with van der Waals surface area (Å²) >= 11 is 0. The van der Waals surface area contributed by atoms with Gasteiger partial charge in [0.2, 0.25) is 5.91 Å². The fraction of sp³-hybridized carbons (Fsp3) is 0.381. The summed E-state index contributed by atoms with van der Waals surface area (Å²) in [4.78, 5) is 15.1. The molecule has 2 aliphatic rings. The first-order valence-corrected chi connectivity index (χ1v) is 8.88. The highest BCUT2D eigenvalue weighted by molar-refractivity contribution is 5.83. The van der Waals surface area contributed by atoms with E-state index in [2.05, 4.69) is 53.8 Å². The van der Waals surface area contributed by atoms with Crippen molar-refractivity contribution >= 4 is 5.91 Å². The van der Waals surface area contributed by atoms with Crippen LogP contribution in [0.25, 0.3) is 0 Å². The van der Waals surface area contributed by atoms with Crippen LogP contribution in [0.2, 0.25) is 0 Å². The number of rotatable bonds is 2. The second-order valence-electron chi connectivity index (χ2n) is 6.96. The Morgan fingerprint density at radius 3 is 2.58 bits per heavy atom. The normalized spacial score (nSPS) is 22.4. The molecule has 2 aromatic carbocycles. The number of hydrogen-bond donors (Lipinski definition) is 1. The first-order chi connectivity index (χ1) is 11.7. The van der Waals surface area contributed by atoms with E-state index in [4.69, 9.17) is 0 Å².